The summed E-state index contributed by atoms with van der Waals surface area (Å²) in [6.45, 7) is 2.61. The van der Waals surface area contributed by atoms with Crippen molar-refractivity contribution in [3.63, 3.8) is 0 Å². The molecule has 0 aliphatic carbocycles. The van der Waals surface area contributed by atoms with Crippen LogP contribution in [-0.2, 0) is 42.1 Å². The molecule has 1 aliphatic heterocycles. The number of carbonyl (C=O) groups excluding carboxylic acids is 2. The van der Waals surface area contributed by atoms with E-state index in [1.807, 2.05) is 0 Å². The number of nitrogens with zero attached hydrogens (tertiary/aromatic N) is 1. The van der Waals surface area contributed by atoms with Gasteiger partial charge in [-0.15, -0.1) is 0 Å². The second-order valence-electron chi connectivity index (χ2n) is 6.35. The number of carboxylic acid groups (broad SMARTS) is 1. The highest BCUT2D eigenvalue weighted by molar-refractivity contribution is 7.88. The lowest BCUT2D eigenvalue weighted by Gasteiger charge is -2.24. The van der Waals surface area contributed by atoms with Gasteiger partial charge >= 0.3 is 28.3 Å². The van der Waals surface area contributed by atoms with Crippen LogP contribution in [-0.4, -0.2) is 54.5 Å². The molecule has 1 aromatic carbocycles. The summed E-state index contributed by atoms with van der Waals surface area (Å²) in [6, 6.07) is 1.85. The van der Waals surface area contributed by atoms with Crippen LogP contribution in [0.4, 0.5) is 13.2 Å². The fourth-order valence-corrected chi connectivity index (χ4v) is 3.85. The number of rotatable bonds is 9. The van der Waals surface area contributed by atoms with Crippen molar-refractivity contribution in [1.82, 2.24) is 14.3 Å². The van der Waals surface area contributed by atoms with Crippen molar-refractivity contribution in [3.8, 4) is 0 Å². The van der Waals surface area contributed by atoms with E-state index < -0.39 is 65.0 Å². The average molecular weight is 465 g/mol. The number of amides is 1. The molecule has 1 aliphatic rings. The number of carbonyl (C=O) groups is 3. The molecule has 170 valence electrons. The monoisotopic (exact) mass is 465 g/mol. The van der Waals surface area contributed by atoms with E-state index >= 15 is 0 Å². The van der Waals surface area contributed by atoms with Gasteiger partial charge in [-0.05, 0) is 17.7 Å². The summed E-state index contributed by atoms with van der Waals surface area (Å²) in [5.41, 5.74) is -0.842. The summed E-state index contributed by atoms with van der Waals surface area (Å²) in [6.07, 6.45) is -5.78. The lowest BCUT2D eigenvalue weighted by atomic mass is 10.1. The molecule has 14 heteroatoms. The second kappa shape index (κ2) is 9.45. The molecule has 0 bridgehead atoms. The van der Waals surface area contributed by atoms with Crippen LogP contribution in [0, 0.1) is 0 Å². The Labute approximate surface area is 174 Å². The standard InChI is InChI=1S/C17H18F3N3O7S/c1-2-7-30-13(24)8-12(16(26)27)21-14-15(25)22-31(28,29)23(14)9-10-3-5-11(6-4-10)17(18,19)20/h2-6,12,14,21H,1,7-9H2,(H,22,25)(H,26,27)/t12-,14+/m0/s1. The van der Waals surface area contributed by atoms with Gasteiger partial charge in [0.2, 0.25) is 0 Å². The van der Waals surface area contributed by atoms with Gasteiger partial charge in [-0.2, -0.15) is 25.9 Å². The zero-order chi connectivity index (χ0) is 23.4. The Balaban J connectivity index is 2.22. The highest BCUT2D eigenvalue weighted by Gasteiger charge is 2.45. The molecule has 31 heavy (non-hydrogen) atoms. The normalized spacial score (nSPS) is 19.5. The van der Waals surface area contributed by atoms with Gasteiger partial charge in [0, 0.05) is 6.54 Å². The van der Waals surface area contributed by atoms with Crippen LogP contribution in [0.25, 0.3) is 0 Å². The molecule has 2 rings (SSSR count). The predicted molar refractivity (Wildman–Crippen MR) is 98.2 cm³/mol. The number of hydrogen-bond acceptors (Lipinski definition) is 7. The topological polar surface area (TPSA) is 142 Å². The van der Waals surface area contributed by atoms with Gasteiger partial charge < -0.3 is 9.84 Å². The Morgan fingerprint density at radius 1 is 1.32 bits per heavy atom. The molecular weight excluding hydrogens is 447 g/mol. The van der Waals surface area contributed by atoms with Crippen LogP contribution in [0.15, 0.2) is 36.9 Å². The van der Waals surface area contributed by atoms with E-state index in [9.17, 15) is 41.1 Å². The van der Waals surface area contributed by atoms with Crippen molar-refractivity contribution in [3.05, 3.63) is 48.0 Å². The molecule has 0 unspecified atom stereocenters. The van der Waals surface area contributed by atoms with E-state index in [-0.39, 0.29) is 12.2 Å². The predicted octanol–water partition coefficient (Wildman–Crippen LogP) is 0.370. The van der Waals surface area contributed by atoms with Gasteiger partial charge in [-0.1, -0.05) is 24.8 Å². The summed E-state index contributed by atoms with van der Waals surface area (Å²) in [5, 5.41) is 11.6. The lowest BCUT2D eigenvalue weighted by molar-refractivity contribution is -0.149. The van der Waals surface area contributed by atoms with E-state index in [4.69, 9.17) is 0 Å². The number of alkyl halides is 3. The van der Waals surface area contributed by atoms with Crippen LogP contribution in [0.3, 0.4) is 0 Å². The van der Waals surface area contributed by atoms with E-state index in [1.54, 1.807) is 4.72 Å². The molecule has 3 N–H and O–H groups in total. The third kappa shape index (κ3) is 6.26. The maximum Gasteiger partial charge on any atom is 0.416 e. The molecule has 2 atom stereocenters. The summed E-state index contributed by atoms with van der Waals surface area (Å²) < 4.78 is 69.5. The van der Waals surface area contributed by atoms with Crippen LogP contribution >= 0.6 is 0 Å². The van der Waals surface area contributed by atoms with E-state index in [2.05, 4.69) is 16.6 Å². The van der Waals surface area contributed by atoms with Crippen molar-refractivity contribution < 1.29 is 45.8 Å². The average Bonchev–Trinajstić information content (AvgIpc) is 2.87. The van der Waals surface area contributed by atoms with Gasteiger partial charge in [-0.3, -0.25) is 19.7 Å². The highest BCUT2D eigenvalue weighted by atomic mass is 32.2. The maximum atomic E-state index is 12.7. The Morgan fingerprint density at radius 3 is 2.45 bits per heavy atom. The first-order chi connectivity index (χ1) is 14.3. The molecule has 1 amide bonds. The van der Waals surface area contributed by atoms with Crippen molar-refractivity contribution in [2.75, 3.05) is 6.61 Å². The Bertz CT molecular complexity index is 964. The quantitative estimate of drug-likeness (QED) is 0.351. The van der Waals surface area contributed by atoms with Gasteiger partial charge in [-0.25, -0.2) is 4.72 Å². The van der Waals surface area contributed by atoms with Crippen LogP contribution in [0.2, 0.25) is 0 Å². The first kappa shape index (κ1) is 24.3. The van der Waals surface area contributed by atoms with Crippen molar-refractivity contribution in [2.24, 2.45) is 0 Å². The van der Waals surface area contributed by atoms with Gasteiger partial charge in [0.1, 0.15) is 12.6 Å². The molecule has 0 spiro atoms. The fraction of sp³-hybridized carbons (Fsp3) is 0.353. The minimum absolute atomic E-state index is 0.108. The fourth-order valence-electron chi connectivity index (χ4n) is 2.61. The SMILES string of the molecule is C=CCOC(=O)C[C@H](N[C@H]1C(=O)NS(=O)(=O)N1Cc1ccc(C(F)(F)F)cc1)C(=O)O. The smallest absolute Gasteiger partial charge is 0.416 e. The van der Waals surface area contributed by atoms with Crippen molar-refractivity contribution >= 4 is 28.1 Å². The molecule has 0 radical (unpaired) electrons. The van der Waals surface area contributed by atoms with Gasteiger partial charge in [0.25, 0.3) is 5.91 Å². The first-order valence-electron chi connectivity index (χ1n) is 8.60. The summed E-state index contributed by atoms with van der Waals surface area (Å²) >= 11 is 0. The molecule has 1 fully saturated rings. The van der Waals surface area contributed by atoms with Crippen LogP contribution < -0.4 is 10.0 Å². The number of esters is 1. The second-order valence-corrected chi connectivity index (χ2v) is 7.97. The first-order valence-corrected chi connectivity index (χ1v) is 10.0. The minimum atomic E-state index is -4.59. The number of nitrogens with one attached hydrogen (secondary N) is 2. The maximum absolute atomic E-state index is 12.7. The molecule has 1 saturated heterocycles. The van der Waals surface area contributed by atoms with Gasteiger partial charge in [0.15, 0.2) is 6.17 Å². The molecule has 0 saturated carbocycles. The summed E-state index contributed by atoms with van der Waals surface area (Å²) in [4.78, 5) is 35.3. The highest BCUT2D eigenvalue weighted by Crippen LogP contribution is 2.29. The Morgan fingerprint density at radius 2 is 1.94 bits per heavy atom. The molecule has 1 heterocycles. The van der Waals surface area contributed by atoms with Crippen molar-refractivity contribution in [1.29, 1.82) is 0 Å². The number of hydrogen-bond donors (Lipinski definition) is 3. The van der Waals surface area contributed by atoms with E-state index in [0.717, 1.165) is 24.3 Å². The van der Waals surface area contributed by atoms with Crippen molar-refractivity contribution in [2.45, 2.75) is 31.3 Å². The third-order valence-corrected chi connectivity index (χ3v) is 5.50. The number of ether oxygens (including phenoxy) is 1. The number of aliphatic carboxylic acids is 1. The zero-order valence-corrected chi connectivity index (χ0v) is 16.6. The summed E-state index contributed by atoms with van der Waals surface area (Å²) in [7, 11) is -4.41. The van der Waals surface area contributed by atoms with Gasteiger partial charge in [0.05, 0.1) is 12.0 Å². The molecular formula is C17H18F3N3O7S. The van der Waals surface area contributed by atoms with E-state index in [0.29, 0.717) is 4.31 Å². The van der Waals surface area contributed by atoms with Crippen LogP contribution in [0.1, 0.15) is 17.5 Å². The minimum Gasteiger partial charge on any atom is -0.480 e. The number of halogens is 3. The molecule has 1 aromatic rings. The lowest BCUT2D eigenvalue weighted by Crippen LogP contribution is -2.53. The summed E-state index contributed by atoms with van der Waals surface area (Å²) in [5.74, 6) is -3.60. The molecule has 10 nitrogen and oxygen atoms in total. The Kier molecular flexibility index (Phi) is 7.41. The number of carboxylic acids is 1. The largest absolute Gasteiger partial charge is 0.480 e. The Hall–Kier alpha value is -2.97. The van der Waals surface area contributed by atoms with E-state index in [1.165, 1.54) is 6.08 Å². The third-order valence-electron chi connectivity index (χ3n) is 4.08. The zero-order valence-electron chi connectivity index (χ0n) is 15.8. The van der Waals surface area contributed by atoms with Crippen LogP contribution in [0.5, 0.6) is 0 Å². The number of benzene rings is 1. The molecule has 0 aromatic heterocycles.